The number of benzene rings is 1. The number of nitrogens with zero attached hydrogens (tertiary/aromatic N) is 1. The van der Waals surface area contributed by atoms with Crippen molar-refractivity contribution >= 4 is 28.4 Å². The van der Waals surface area contributed by atoms with Crippen molar-refractivity contribution in [3.05, 3.63) is 46.0 Å². The number of cyclic esters (lactones) is 1. The molecule has 1 unspecified atom stereocenters. The van der Waals surface area contributed by atoms with E-state index in [-0.39, 0.29) is 5.97 Å². The zero-order valence-corrected chi connectivity index (χ0v) is 12.9. The van der Waals surface area contributed by atoms with Crippen LogP contribution in [0.2, 0.25) is 0 Å². The van der Waals surface area contributed by atoms with E-state index < -0.39 is 12.2 Å². The number of thiazole rings is 1. The van der Waals surface area contributed by atoms with E-state index in [1.54, 1.807) is 26.0 Å². The summed E-state index contributed by atoms with van der Waals surface area (Å²) < 4.78 is 10.3. The number of aryl methyl sites for hydroxylation is 1. The molecule has 1 aromatic carbocycles. The molecule has 1 aliphatic heterocycles. The number of carbonyl (C=O) groups excluding carboxylic acids is 2. The molecule has 1 aliphatic rings. The van der Waals surface area contributed by atoms with Crippen molar-refractivity contribution in [2.24, 2.45) is 0 Å². The molecule has 0 saturated carbocycles. The van der Waals surface area contributed by atoms with E-state index >= 15 is 0 Å². The highest BCUT2D eigenvalue weighted by Crippen LogP contribution is 2.33. The third-order valence-electron chi connectivity index (χ3n) is 3.20. The first-order valence-corrected chi connectivity index (χ1v) is 7.62. The summed E-state index contributed by atoms with van der Waals surface area (Å²) in [4.78, 5) is 28.3. The van der Waals surface area contributed by atoms with Gasteiger partial charge in [0, 0.05) is 5.56 Å². The van der Waals surface area contributed by atoms with Crippen LogP contribution in [0.1, 0.15) is 44.4 Å². The van der Waals surface area contributed by atoms with Crippen LogP contribution in [0, 0.1) is 6.92 Å². The number of anilines is 1. The van der Waals surface area contributed by atoms with E-state index in [1.165, 1.54) is 11.3 Å². The molecular formula is C15H14N2O4S. The fourth-order valence-electron chi connectivity index (χ4n) is 2.21. The number of fused-ring (bicyclic) bond motifs is 1. The minimum absolute atomic E-state index is 0.312. The summed E-state index contributed by atoms with van der Waals surface area (Å²) in [5.41, 5.74) is 1.89. The molecule has 114 valence electrons. The van der Waals surface area contributed by atoms with Crippen molar-refractivity contribution in [3.63, 3.8) is 0 Å². The van der Waals surface area contributed by atoms with Crippen LogP contribution in [0.25, 0.3) is 0 Å². The van der Waals surface area contributed by atoms with Gasteiger partial charge in [-0.15, -0.1) is 0 Å². The van der Waals surface area contributed by atoms with Gasteiger partial charge in [-0.25, -0.2) is 14.6 Å². The van der Waals surface area contributed by atoms with Gasteiger partial charge in [-0.05, 0) is 19.9 Å². The van der Waals surface area contributed by atoms with Gasteiger partial charge in [0.15, 0.2) is 5.13 Å². The number of hydrogen-bond donors (Lipinski definition) is 1. The molecular weight excluding hydrogens is 304 g/mol. The van der Waals surface area contributed by atoms with Crippen LogP contribution in [0.5, 0.6) is 0 Å². The van der Waals surface area contributed by atoms with Gasteiger partial charge >= 0.3 is 11.9 Å². The quantitative estimate of drug-likeness (QED) is 0.873. The molecule has 2 heterocycles. The van der Waals surface area contributed by atoms with Gasteiger partial charge in [-0.2, -0.15) is 0 Å². The number of nitrogens with one attached hydrogen (secondary N) is 1. The Labute approximate surface area is 131 Å². The molecule has 0 bridgehead atoms. The van der Waals surface area contributed by atoms with Gasteiger partial charge in [-0.3, -0.25) is 0 Å². The van der Waals surface area contributed by atoms with Crippen molar-refractivity contribution in [1.29, 1.82) is 0 Å². The Morgan fingerprint density at radius 1 is 1.45 bits per heavy atom. The number of esters is 2. The average Bonchev–Trinajstić information content (AvgIpc) is 3.01. The lowest BCUT2D eigenvalue weighted by molar-refractivity contribution is 0.0436. The lowest BCUT2D eigenvalue weighted by Gasteiger charge is -2.11. The highest BCUT2D eigenvalue weighted by molar-refractivity contribution is 7.17. The molecule has 6 nitrogen and oxygen atoms in total. The summed E-state index contributed by atoms with van der Waals surface area (Å²) in [5, 5.41) is 3.55. The Morgan fingerprint density at radius 3 is 3.00 bits per heavy atom. The summed E-state index contributed by atoms with van der Waals surface area (Å²) in [7, 11) is 0. The third-order valence-corrected chi connectivity index (χ3v) is 4.27. The maximum absolute atomic E-state index is 11.8. The Balaban J connectivity index is 1.82. The van der Waals surface area contributed by atoms with Crippen molar-refractivity contribution in [3.8, 4) is 0 Å². The molecule has 0 radical (unpaired) electrons. The summed E-state index contributed by atoms with van der Waals surface area (Å²) in [6.45, 7) is 3.80. The molecule has 1 aromatic heterocycles. The van der Waals surface area contributed by atoms with Crippen LogP contribution in [-0.4, -0.2) is 23.5 Å². The lowest BCUT2D eigenvalue weighted by Crippen LogP contribution is -2.09. The second-order valence-corrected chi connectivity index (χ2v) is 5.67. The van der Waals surface area contributed by atoms with Crippen LogP contribution < -0.4 is 5.32 Å². The molecule has 0 spiro atoms. The first kappa shape index (κ1) is 14.5. The Morgan fingerprint density at radius 2 is 2.23 bits per heavy atom. The fourth-order valence-corrected chi connectivity index (χ4v) is 3.09. The monoisotopic (exact) mass is 318 g/mol. The van der Waals surface area contributed by atoms with Crippen LogP contribution in [0.3, 0.4) is 0 Å². The van der Waals surface area contributed by atoms with E-state index in [9.17, 15) is 9.59 Å². The second-order valence-electron chi connectivity index (χ2n) is 4.67. The predicted molar refractivity (Wildman–Crippen MR) is 81.0 cm³/mol. The molecule has 22 heavy (non-hydrogen) atoms. The topological polar surface area (TPSA) is 77.5 Å². The average molecular weight is 318 g/mol. The second kappa shape index (κ2) is 5.76. The zero-order valence-electron chi connectivity index (χ0n) is 12.1. The number of aromatic nitrogens is 1. The standard InChI is InChI=1S/C15H14N2O4S/c1-3-20-14(19)11-8(2)16-15(22-11)17-12-9-6-4-5-7-10(9)13(18)21-12/h4-7,12H,3H2,1-2H3,(H,16,17). The van der Waals surface area contributed by atoms with Crippen molar-refractivity contribution < 1.29 is 19.1 Å². The Hall–Kier alpha value is -2.41. The maximum Gasteiger partial charge on any atom is 0.350 e. The molecule has 0 saturated heterocycles. The summed E-state index contributed by atoms with van der Waals surface area (Å²) in [6.07, 6.45) is -0.593. The first-order valence-electron chi connectivity index (χ1n) is 6.81. The Bertz CT molecular complexity index is 741. The number of carbonyl (C=O) groups is 2. The number of hydrogen-bond acceptors (Lipinski definition) is 7. The highest BCUT2D eigenvalue weighted by Gasteiger charge is 2.31. The van der Waals surface area contributed by atoms with Crippen LogP contribution in [0.4, 0.5) is 5.13 Å². The minimum Gasteiger partial charge on any atom is -0.462 e. The number of ether oxygens (including phenoxy) is 2. The van der Waals surface area contributed by atoms with Crippen molar-refractivity contribution in [1.82, 2.24) is 4.98 Å². The summed E-state index contributed by atoms with van der Waals surface area (Å²) >= 11 is 1.18. The van der Waals surface area contributed by atoms with E-state index in [0.717, 1.165) is 5.56 Å². The molecule has 0 amide bonds. The largest absolute Gasteiger partial charge is 0.462 e. The van der Waals surface area contributed by atoms with Crippen molar-refractivity contribution in [2.45, 2.75) is 20.1 Å². The molecule has 7 heteroatoms. The van der Waals surface area contributed by atoms with Gasteiger partial charge in [0.2, 0.25) is 6.23 Å². The van der Waals surface area contributed by atoms with Gasteiger partial charge in [-0.1, -0.05) is 29.5 Å². The van der Waals surface area contributed by atoms with E-state index in [2.05, 4.69) is 10.3 Å². The summed E-state index contributed by atoms with van der Waals surface area (Å²) in [6, 6.07) is 7.17. The van der Waals surface area contributed by atoms with Gasteiger partial charge in [0.25, 0.3) is 0 Å². The lowest BCUT2D eigenvalue weighted by atomic mass is 10.1. The molecule has 1 N–H and O–H groups in total. The van der Waals surface area contributed by atoms with E-state index in [4.69, 9.17) is 9.47 Å². The van der Waals surface area contributed by atoms with Gasteiger partial charge in [0.05, 0.1) is 17.9 Å². The predicted octanol–water partition coefficient (Wildman–Crippen LogP) is 2.91. The summed E-state index contributed by atoms with van der Waals surface area (Å²) in [5.74, 6) is -0.763. The molecule has 0 fully saturated rings. The van der Waals surface area contributed by atoms with Crippen molar-refractivity contribution in [2.75, 3.05) is 11.9 Å². The maximum atomic E-state index is 11.8. The normalized spacial score (nSPS) is 16.1. The first-order chi connectivity index (χ1) is 10.6. The van der Waals surface area contributed by atoms with Gasteiger partial charge in [0.1, 0.15) is 4.88 Å². The highest BCUT2D eigenvalue weighted by atomic mass is 32.1. The zero-order chi connectivity index (χ0) is 15.7. The van der Waals surface area contributed by atoms with Crippen LogP contribution in [0.15, 0.2) is 24.3 Å². The van der Waals surface area contributed by atoms with Crippen LogP contribution in [-0.2, 0) is 9.47 Å². The van der Waals surface area contributed by atoms with E-state index in [0.29, 0.717) is 27.9 Å². The van der Waals surface area contributed by atoms with Gasteiger partial charge < -0.3 is 14.8 Å². The van der Waals surface area contributed by atoms with Crippen LogP contribution >= 0.6 is 11.3 Å². The SMILES string of the molecule is CCOC(=O)c1sc(NC2OC(=O)c3ccccc32)nc1C. The molecule has 3 rings (SSSR count). The van der Waals surface area contributed by atoms with E-state index in [1.807, 2.05) is 12.1 Å². The minimum atomic E-state index is -0.593. The molecule has 0 aliphatic carbocycles. The Kier molecular flexibility index (Phi) is 3.81. The fraction of sp³-hybridized carbons (Fsp3) is 0.267. The number of rotatable bonds is 4. The molecule has 1 atom stereocenters. The molecule has 2 aromatic rings. The third kappa shape index (κ3) is 2.55. The smallest absolute Gasteiger partial charge is 0.350 e.